The normalized spacial score (nSPS) is 17.1. The molecule has 0 unspecified atom stereocenters. The highest BCUT2D eigenvalue weighted by atomic mass is 16.6. The summed E-state index contributed by atoms with van der Waals surface area (Å²) in [6, 6.07) is 11.2. The van der Waals surface area contributed by atoms with Gasteiger partial charge >= 0.3 is 0 Å². The fourth-order valence-corrected chi connectivity index (χ4v) is 3.75. The van der Waals surface area contributed by atoms with E-state index in [0.29, 0.717) is 31.9 Å². The van der Waals surface area contributed by atoms with Gasteiger partial charge in [-0.2, -0.15) is 0 Å². The average Bonchev–Trinajstić information content (AvgIpc) is 3.03. The zero-order valence-corrected chi connectivity index (χ0v) is 16.0. The standard InChI is InChI=1S/C21H19N3O6/c25-19-16-3-1-2-4-17(16)20(26)23(19)18(21(27)22-9-11-30-12-10-22)13-14-5-7-15(8-6-14)24(28)29/h1-8,18H,9-13H2/t18-/m1/s1. The third kappa shape index (κ3) is 3.55. The number of non-ortho nitro benzene ring substituents is 1. The average molecular weight is 409 g/mol. The van der Waals surface area contributed by atoms with Crippen molar-refractivity contribution in [3.05, 3.63) is 75.3 Å². The van der Waals surface area contributed by atoms with E-state index in [1.807, 2.05) is 0 Å². The number of benzene rings is 2. The predicted octanol–water partition coefficient (Wildman–Crippen LogP) is 1.66. The van der Waals surface area contributed by atoms with Crippen molar-refractivity contribution < 1.29 is 24.0 Å². The van der Waals surface area contributed by atoms with E-state index in [0.717, 1.165) is 4.90 Å². The van der Waals surface area contributed by atoms with Gasteiger partial charge in [-0.15, -0.1) is 0 Å². The first-order valence-electron chi connectivity index (χ1n) is 9.54. The predicted molar refractivity (Wildman–Crippen MR) is 105 cm³/mol. The highest BCUT2D eigenvalue weighted by molar-refractivity contribution is 6.22. The highest BCUT2D eigenvalue weighted by Crippen LogP contribution is 2.27. The maximum atomic E-state index is 13.3. The first-order chi connectivity index (χ1) is 14.5. The first-order valence-corrected chi connectivity index (χ1v) is 9.54. The van der Waals surface area contributed by atoms with E-state index in [4.69, 9.17) is 4.74 Å². The maximum Gasteiger partial charge on any atom is 0.269 e. The van der Waals surface area contributed by atoms with Crippen LogP contribution < -0.4 is 0 Å². The third-order valence-electron chi connectivity index (χ3n) is 5.32. The molecule has 2 aromatic rings. The number of carbonyl (C=O) groups is 3. The Balaban J connectivity index is 1.67. The van der Waals surface area contributed by atoms with E-state index in [2.05, 4.69) is 0 Å². The van der Waals surface area contributed by atoms with E-state index in [1.54, 1.807) is 29.2 Å². The molecule has 0 aliphatic carbocycles. The zero-order valence-electron chi connectivity index (χ0n) is 16.0. The molecule has 0 radical (unpaired) electrons. The molecule has 0 spiro atoms. The van der Waals surface area contributed by atoms with Crippen LogP contribution in [-0.4, -0.2) is 64.8 Å². The molecule has 1 atom stereocenters. The van der Waals surface area contributed by atoms with E-state index in [-0.39, 0.29) is 29.1 Å². The van der Waals surface area contributed by atoms with Gasteiger partial charge in [-0.3, -0.25) is 29.4 Å². The minimum Gasteiger partial charge on any atom is -0.378 e. The Morgan fingerprint density at radius 1 is 1.00 bits per heavy atom. The number of nitro groups is 1. The number of rotatable bonds is 5. The lowest BCUT2D eigenvalue weighted by Gasteiger charge is -2.33. The number of hydrogen-bond donors (Lipinski definition) is 0. The Bertz CT molecular complexity index is 979. The number of amides is 3. The van der Waals surface area contributed by atoms with Gasteiger partial charge < -0.3 is 9.64 Å². The molecule has 4 rings (SSSR count). The summed E-state index contributed by atoms with van der Waals surface area (Å²) >= 11 is 0. The molecule has 1 fully saturated rings. The van der Waals surface area contributed by atoms with Crippen molar-refractivity contribution >= 4 is 23.4 Å². The molecule has 9 heteroatoms. The molecule has 154 valence electrons. The largest absolute Gasteiger partial charge is 0.378 e. The number of morpholine rings is 1. The monoisotopic (exact) mass is 409 g/mol. The maximum absolute atomic E-state index is 13.3. The van der Waals surface area contributed by atoms with Gasteiger partial charge in [-0.05, 0) is 17.7 Å². The molecular formula is C21H19N3O6. The molecule has 0 N–H and O–H groups in total. The van der Waals surface area contributed by atoms with Crippen molar-refractivity contribution in [2.75, 3.05) is 26.3 Å². The van der Waals surface area contributed by atoms with Gasteiger partial charge in [0, 0.05) is 31.6 Å². The van der Waals surface area contributed by atoms with Gasteiger partial charge in [0.25, 0.3) is 17.5 Å². The molecule has 0 saturated carbocycles. The summed E-state index contributed by atoms with van der Waals surface area (Å²) in [4.78, 5) is 52.3. The van der Waals surface area contributed by atoms with Crippen molar-refractivity contribution in [3.8, 4) is 0 Å². The second-order valence-electron chi connectivity index (χ2n) is 7.11. The third-order valence-corrected chi connectivity index (χ3v) is 5.32. The Kier molecular flexibility index (Phi) is 5.28. The van der Waals surface area contributed by atoms with Crippen LogP contribution in [0.15, 0.2) is 48.5 Å². The van der Waals surface area contributed by atoms with Crippen LogP contribution in [0.2, 0.25) is 0 Å². The van der Waals surface area contributed by atoms with Crippen molar-refractivity contribution in [2.45, 2.75) is 12.5 Å². The van der Waals surface area contributed by atoms with Crippen molar-refractivity contribution in [2.24, 2.45) is 0 Å². The SMILES string of the molecule is O=C([C@@H](Cc1ccc([N+](=O)[O-])cc1)N1C(=O)c2ccccc2C1=O)N1CCOCC1. The van der Waals surface area contributed by atoms with Crippen molar-refractivity contribution in [1.29, 1.82) is 0 Å². The minimum atomic E-state index is -1.04. The topological polar surface area (TPSA) is 110 Å². The Morgan fingerprint density at radius 2 is 1.57 bits per heavy atom. The lowest BCUT2D eigenvalue weighted by atomic mass is 10.0. The van der Waals surface area contributed by atoms with Gasteiger partial charge in [-0.1, -0.05) is 24.3 Å². The number of fused-ring (bicyclic) bond motifs is 1. The molecule has 2 aromatic carbocycles. The molecule has 0 bridgehead atoms. The molecule has 1 saturated heterocycles. The summed E-state index contributed by atoms with van der Waals surface area (Å²) < 4.78 is 5.30. The number of ether oxygens (including phenoxy) is 1. The molecule has 2 aliphatic rings. The van der Waals surface area contributed by atoms with E-state index >= 15 is 0 Å². The van der Waals surface area contributed by atoms with E-state index < -0.39 is 22.8 Å². The molecule has 30 heavy (non-hydrogen) atoms. The molecule has 2 aliphatic heterocycles. The Labute approximate surface area is 172 Å². The van der Waals surface area contributed by atoms with Crippen LogP contribution in [0.5, 0.6) is 0 Å². The van der Waals surface area contributed by atoms with Crippen LogP contribution in [0.1, 0.15) is 26.3 Å². The zero-order chi connectivity index (χ0) is 21.3. The fraction of sp³-hybridized carbons (Fsp3) is 0.286. The Hall–Kier alpha value is -3.59. The summed E-state index contributed by atoms with van der Waals surface area (Å²) in [5.74, 6) is -1.36. The van der Waals surface area contributed by atoms with Gasteiger partial charge in [-0.25, -0.2) is 0 Å². The number of hydrogen-bond acceptors (Lipinski definition) is 6. The van der Waals surface area contributed by atoms with E-state index in [9.17, 15) is 24.5 Å². The lowest BCUT2D eigenvalue weighted by molar-refractivity contribution is -0.384. The summed E-state index contributed by atoms with van der Waals surface area (Å²) in [6.45, 7) is 1.52. The van der Waals surface area contributed by atoms with Gasteiger partial charge in [0.05, 0.1) is 29.3 Å². The molecule has 0 aromatic heterocycles. The van der Waals surface area contributed by atoms with Gasteiger partial charge in [0.2, 0.25) is 5.91 Å². The van der Waals surface area contributed by atoms with Crippen molar-refractivity contribution in [3.63, 3.8) is 0 Å². The van der Waals surface area contributed by atoms with Crippen LogP contribution in [0.25, 0.3) is 0 Å². The first kappa shape index (κ1) is 19.7. The highest BCUT2D eigenvalue weighted by Gasteiger charge is 2.44. The molecule has 3 amide bonds. The minimum absolute atomic E-state index is 0.0691. The van der Waals surface area contributed by atoms with Crippen molar-refractivity contribution in [1.82, 2.24) is 9.80 Å². The van der Waals surface area contributed by atoms with Crippen LogP contribution in [0, 0.1) is 10.1 Å². The summed E-state index contributed by atoms with van der Waals surface area (Å²) in [7, 11) is 0. The van der Waals surface area contributed by atoms with Crippen LogP contribution in [0.3, 0.4) is 0 Å². The summed E-state index contributed by atoms with van der Waals surface area (Å²) in [6.07, 6.45) is 0.0691. The van der Waals surface area contributed by atoms with Gasteiger partial charge in [0.1, 0.15) is 6.04 Å². The fourth-order valence-electron chi connectivity index (χ4n) is 3.75. The van der Waals surface area contributed by atoms with Crippen LogP contribution in [-0.2, 0) is 16.0 Å². The number of imide groups is 1. The van der Waals surface area contributed by atoms with E-state index in [1.165, 1.54) is 24.3 Å². The quantitative estimate of drug-likeness (QED) is 0.422. The molecular weight excluding hydrogens is 390 g/mol. The summed E-state index contributed by atoms with van der Waals surface area (Å²) in [5.41, 5.74) is 1.08. The number of nitro benzene ring substituents is 1. The number of nitrogens with zero attached hydrogens (tertiary/aromatic N) is 3. The second-order valence-corrected chi connectivity index (χ2v) is 7.11. The van der Waals surface area contributed by atoms with Gasteiger partial charge in [0.15, 0.2) is 0 Å². The van der Waals surface area contributed by atoms with Crippen LogP contribution in [0.4, 0.5) is 5.69 Å². The molecule has 2 heterocycles. The summed E-state index contributed by atoms with van der Waals surface area (Å²) in [5, 5.41) is 10.9. The second kappa shape index (κ2) is 8.03. The smallest absolute Gasteiger partial charge is 0.269 e. The lowest BCUT2D eigenvalue weighted by Crippen LogP contribution is -2.54. The number of carbonyl (C=O) groups excluding carboxylic acids is 3. The van der Waals surface area contributed by atoms with Crippen LogP contribution >= 0.6 is 0 Å². The Morgan fingerprint density at radius 3 is 2.10 bits per heavy atom. The molecule has 9 nitrogen and oxygen atoms in total.